The van der Waals surface area contributed by atoms with E-state index in [9.17, 15) is 9.90 Å². The summed E-state index contributed by atoms with van der Waals surface area (Å²) in [5.74, 6) is -0.660. The molecule has 0 atom stereocenters. The van der Waals surface area contributed by atoms with E-state index in [1.807, 2.05) is 12.1 Å². The van der Waals surface area contributed by atoms with E-state index in [1.165, 1.54) is 5.56 Å². The van der Waals surface area contributed by atoms with Gasteiger partial charge >= 0.3 is 5.97 Å². The van der Waals surface area contributed by atoms with E-state index in [-0.39, 0.29) is 5.41 Å². The lowest BCUT2D eigenvalue weighted by molar-refractivity contribution is -0.143. The lowest BCUT2D eigenvalue weighted by atomic mass is 9.76. The normalized spacial score (nSPS) is 18.5. The maximum absolute atomic E-state index is 11.7. The SMILES string of the molecule is CCC(C)(C)c1ccc(C2(C(=O)O)CCCC2)cc1. The molecule has 0 spiro atoms. The molecule has 104 valence electrons. The number of hydrogen-bond donors (Lipinski definition) is 1. The molecule has 0 aliphatic heterocycles. The third kappa shape index (κ3) is 2.41. The average molecular weight is 260 g/mol. The molecule has 2 rings (SSSR count). The molecule has 0 unspecified atom stereocenters. The number of rotatable bonds is 4. The Morgan fingerprint density at radius 2 is 1.74 bits per heavy atom. The Bertz CT molecular complexity index is 451. The van der Waals surface area contributed by atoms with E-state index < -0.39 is 11.4 Å². The molecule has 1 aromatic rings. The highest BCUT2D eigenvalue weighted by atomic mass is 16.4. The Hall–Kier alpha value is -1.31. The van der Waals surface area contributed by atoms with Crippen molar-refractivity contribution in [1.82, 2.24) is 0 Å². The number of carbonyl (C=O) groups is 1. The molecular formula is C17H24O2. The van der Waals surface area contributed by atoms with Crippen LogP contribution < -0.4 is 0 Å². The van der Waals surface area contributed by atoms with Crippen molar-refractivity contribution in [1.29, 1.82) is 0 Å². The number of aliphatic carboxylic acids is 1. The van der Waals surface area contributed by atoms with Crippen molar-refractivity contribution in [3.63, 3.8) is 0 Å². The van der Waals surface area contributed by atoms with Crippen molar-refractivity contribution in [2.24, 2.45) is 0 Å². The average Bonchev–Trinajstić information content (AvgIpc) is 2.89. The standard InChI is InChI=1S/C17H24O2/c1-4-16(2,3)13-7-9-14(10-8-13)17(15(18)19)11-5-6-12-17/h7-10H,4-6,11-12H2,1-3H3,(H,18,19). The van der Waals surface area contributed by atoms with Gasteiger partial charge in [0.1, 0.15) is 0 Å². The van der Waals surface area contributed by atoms with Crippen LogP contribution in [0.2, 0.25) is 0 Å². The van der Waals surface area contributed by atoms with E-state index in [1.54, 1.807) is 0 Å². The summed E-state index contributed by atoms with van der Waals surface area (Å²) in [5.41, 5.74) is 1.80. The van der Waals surface area contributed by atoms with Crippen molar-refractivity contribution in [3.8, 4) is 0 Å². The van der Waals surface area contributed by atoms with E-state index in [2.05, 4.69) is 32.9 Å². The Kier molecular flexibility index (Phi) is 3.71. The monoisotopic (exact) mass is 260 g/mol. The predicted molar refractivity (Wildman–Crippen MR) is 77.5 cm³/mol. The minimum atomic E-state index is -0.660. The van der Waals surface area contributed by atoms with Crippen LogP contribution in [-0.4, -0.2) is 11.1 Å². The molecule has 0 aromatic heterocycles. The summed E-state index contributed by atoms with van der Waals surface area (Å²) in [6, 6.07) is 8.29. The summed E-state index contributed by atoms with van der Waals surface area (Å²) in [6.45, 7) is 6.64. The van der Waals surface area contributed by atoms with Crippen molar-refractivity contribution in [2.45, 2.75) is 63.7 Å². The molecule has 1 aliphatic rings. The van der Waals surface area contributed by atoms with Crippen LogP contribution in [0.3, 0.4) is 0 Å². The van der Waals surface area contributed by atoms with E-state index in [0.717, 1.165) is 37.7 Å². The summed E-state index contributed by atoms with van der Waals surface area (Å²) in [7, 11) is 0. The van der Waals surface area contributed by atoms with Crippen LogP contribution in [0.25, 0.3) is 0 Å². The molecule has 0 amide bonds. The van der Waals surface area contributed by atoms with Crippen molar-refractivity contribution in [2.75, 3.05) is 0 Å². The van der Waals surface area contributed by atoms with Crippen LogP contribution in [0.4, 0.5) is 0 Å². The van der Waals surface area contributed by atoms with Gasteiger partial charge in [-0.2, -0.15) is 0 Å². The molecule has 1 N–H and O–H groups in total. The number of carboxylic acids is 1. The predicted octanol–water partition coefficient (Wildman–Crippen LogP) is 4.27. The molecule has 0 saturated heterocycles. The Morgan fingerprint density at radius 1 is 1.21 bits per heavy atom. The number of carboxylic acid groups (broad SMARTS) is 1. The lowest BCUT2D eigenvalue weighted by Crippen LogP contribution is -2.32. The van der Waals surface area contributed by atoms with Gasteiger partial charge in [-0.05, 0) is 35.8 Å². The molecule has 2 heteroatoms. The van der Waals surface area contributed by atoms with Gasteiger partial charge in [-0.1, -0.05) is 57.9 Å². The maximum atomic E-state index is 11.7. The largest absolute Gasteiger partial charge is 0.481 e. The fourth-order valence-electron chi connectivity index (χ4n) is 3.05. The van der Waals surface area contributed by atoms with Crippen molar-refractivity contribution >= 4 is 5.97 Å². The fraction of sp³-hybridized carbons (Fsp3) is 0.588. The van der Waals surface area contributed by atoms with Crippen LogP contribution >= 0.6 is 0 Å². The smallest absolute Gasteiger partial charge is 0.314 e. The summed E-state index contributed by atoms with van der Waals surface area (Å²) >= 11 is 0. The zero-order valence-electron chi connectivity index (χ0n) is 12.2. The summed E-state index contributed by atoms with van der Waals surface area (Å²) in [4.78, 5) is 11.7. The molecule has 0 bridgehead atoms. The quantitative estimate of drug-likeness (QED) is 0.877. The van der Waals surface area contributed by atoms with Crippen LogP contribution in [0.15, 0.2) is 24.3 Å². The van der Waals surface area contributed by atoms with E-state index in [4.69, 9.17) is 0 Å². The first-order valence-corrected chi connectivity index (χ1v) is 7.27. The van der Waals surface area contributed by atoms with E-state index in [0.29, 0.717) is 0 Å². The Labute approximate surface area is 115 Å². The maximum Gasteiger partial charge on any atom is 0.314 e. The molecule has 0 heterocycles. The second-order valence-corrected chi connectivity index (χ2v) is 6.41. The minimum absolute atomic E-state index is 0.157. The van der Waals surface area contributed by atoms with Gasteiger partial charge in [0.2, 0.25) is 0 Å². The third-order valence-corrected chi connectivity index (χ3v) is 4.97. The molecule has 19 heavy (non-hydrogen) atoms. The van der Waals surface area contributed by atoms with Crippen LogP contribution in [0.5, 0.6) is 0 Å². The first-order chi connectivity index (χ1) is 8.92. The van der Waals surface area contributed by atoms with Gasteiger partial charge in [-0.15, -0.1) is 0 Å². The van der Waals surface area contributed by atoms with Gasteiger partial charge in [-0.25, -0.2) is 0 Å². The molecule has 0 radical (unpaired) electrons. The highest BCUT2D eigenvalue weighted by Gasteiger charge is 2.42. The van der Waals surface area contributed by atoms with Gasteiger partial charge in [0, 0.05) is 0 Å². The molecule has 1 saturated carbocycles. The topological polar surface area (TPSA) is 37.3 Å². The summed E-state index contributed by atoms with van der Waals surface area (Å²) in [5, 5.41) is 9.59. The van der Waals surface area contributed by atoms with Gasteiger partial charge < -0.3 is 5.11 Å². The summed E-state index contributed by atoms with van der Waals surface area (Å²) < 4.78 is 0. The molecule has 1 aromatic carbocycles. The zero-order chi connectivity index (χ0) is 14.1. The number of hydrogen-bond acceptors (Lipinski definition) is 1. The fourth-order valence-corrected chi connectivity index (χ4v) is 3.05. The van der Waals surface area contributed by atoms with Gasteiger partial charge in [0.05, 0.1) is 5.41 Å². The zero-order valence-corrected chi connectivity index (χ0v) is 12.2. The summed E-state index contributed by atoms with van der Waals surface area (Å²) in [6.07, 6.45) is 4.68. The van der Waals surface area contributed by atoms with Gasteiger partial charge in [0.25, 0.3) is 0 Å². The minimum Gasteiger partial charge on any atom is -0.481 e. The first-order valence-electron chi connectivity index (χ1n) is 7.27. The number of benzene rings is 1. The third-order valence-electron chi connectivity index (χ3n) is 4.97. The second-order valence-electron chi connectivity index (χ2n) is 6.41. The molecule has 2 nitrogen and oxygen atoms in total. The molecule has 1 fully saturated rings. The van der Waals surface area contributed by atoms with Gasteiger partial charge in [0.15, 0.2) is 0 Å². The molecule has 1 aliphatic carbocycles. The Morgan fingerprint density at radius 3 is 2.16 bits per heavy atom. The first kappa shape index (κ1) is 14.1. The van der Waals surface area contributed by atoms with Crippen LogP contribution in [-0.2, 0) is 15.6 Å². The molecular weight excluding hydrogens is 236 g/mol. The Balaban J connectivity index is 2.34. The van der Waals surface area contributed by atoms with Gasteiger partial charge in [-0.3, -0.25) is 4.79 Å². The van der Waals surface area contributed by atoms with Crippen LogP contribution in [0.1, 0.15) is 64.0 Å². The highest BCUT2D eigenvalue weighted by Crippen LogP contribution is 2.42. The lowest BCUT2D eigenvalue weighted by Gasteiger charge is -2.27. The highest BCUT2D eigenvalue weighted by molar-refractivity contribution is 5.81. The van der Waals surface area contributed by atoms with Crippen molar-refractivity contribution in [3.05, 3.63) is 35.4 Å². The van der Waals surface area contributed by atoms with E-state index >= 15 is 0 Å². The van der Waals surface area contributed by atoms with Crippen LogP contribution in [0, 0.1) is 0 Å². The van der Waals surface area contributed by atoms with Crippen molar-refractivity contribution < 1.29 is 9.90 Å². The second kappa shape index (κ2) is 4.99.